The summed E-state index contributed by atoms with van der Waals surface area (Å²) in [5, 5.41) is 11.6. The second-order valence-electron chi connectivity index (χ2n) is 14.9. The van der Waals surface area contributed by atoms with E-state index < -0.39 is 41.8 Å². The maximum Gasteiger partial charge on any atom is 0.416 e. The molecule has 1 unspecified atom stereocenters. The van der Waals surface area contributed by atoms with Gasteiger partial charge in [-0.25, -0.2) is 27.9 Å². The minimum atomic E-state index is -4.61. The number of rotatable bonds is 9. The lowest BCUT2D eigenvalue weighted by molar-refractivity contribution is -0.145. The van der Waals surface area contributed by atoms with Crippen molar-refractivity contribution in [1.29, 1.82) is 0 Å². The number of aliphatic hydroxyl groups is 1. The van der Waals surface area contributed by atoms with Crippen molar-refractivity contribution in [2.24, 2.45) is 5.41 Å². The summed E-state index contributed by atoms with van der Waals surface area (Å²) in [6, 6.07) is 3.93. The first-order valence-electron chi connectivity index (χ1n) is 17.8. The molecule has 0 radical (unpaired) electrons. The molecular weight excluding hydrogens is 690 g/mol. The summed E-state index contributed by atoms with van der Waals surface area (Å²) in [5.41, 5.74) is 1.02. The molecule has 1 N–H and O–H groups in total. The first kappa shape index (κ1) is 37.8. The van der Waals surface area contributed by atoms with Crippen LogP contribution in [0.5, 0.6) is 5.75 Å². The zero-order valence-electron chi connectivity index (χ0n) is 29.5. The van der Waals surface area contributed by atoms with E-state index in [1.54, 1.807) is 6.92 Å². The van der Waals surface area contributed by atoms with Crippen molar-refractivity contribution in [3.05, 3.63) is 75.9 Å². The largest absolute Gasteiger partial charge is 0.479 e. The van der Waals surface area contributed by atoms with Crippen LogP contribution in [0.2, 0.25) is 0 Å². The molecule has 3 aliphatic rings. The van der Waals surface area contributed by atoms with Crippen LogP contribution in [0.25, 0.3) is 0 Å². The van der Waals surface area contributed by atoms with Crippen molar-refractivity contribution < 1.29 is 45.7 Å². The highest BCUT2D eigenvalue weighted by atomic mass is 19.4. The molecule has 2 aliphatic carbocycles. The van der Waals surface area contributed by atoms with Gasteiger partial charge in [0.15, 0.2) is 18.5 Å². The summed E-state index contributed by atoms with van der Waals surface area (Å²) in [5.74, 6) is -3.39. The lowest BCUT2D eigenvalue weighted by Crippen LogP contribution is -2.36. The number of hydrogen-bond acceptors (Lipinski definition) is 8. The number of piperidine rings is 1. The molecule has 2 aromatic heterocycles. The summed E-state index contributed by atoms with van der Waals surface area (Å²) in [4.78, 5) is 27.5. The van der Waals surface area contributed by atoms with Crippen molar-refractivity contribution in [2.45, 2.75) is 108 Å². The van der Waals surface area contributed by atoms with E-state index in [0.29, 0.717) is 73.0 Å². The van der Waals surface area contributed by atoms with Crippen LogP contribution in [0.3, 0.4) is 0 Å². The van der Waals surface area contributed by atoms with E-state index in [4.69, 9.17) is 14.5 Å². The molecular formula is C38H44F6N4O4. The standard InChI is InChI=1S/C38H44F6N4O4/c1-4-51-29(50)21-52-26-19-45-35(46-20-26)48-15-11-24(12-16-48)34-32(33(39)23-5-7-25(8-6-23)38(42,43)44)30(22-9-13-37(40,41)14-10-22)31-27(47-34)17-36(2,3)18-28(31)49/h5-8,19-20,22,24,28,33,49H,4,9-18,21H2,1-3H3/t28-,33?/m0/s1. The average molecular weight is 735 g/mol. The minimum absolute atomic E-state index is 0.000111. The Morgan fingerprint density at radius 1 is 1.00 bits per heavy atom. The number of aliphatic hydroxyl groups excluding tert-OH is 1. The van der Waals surface area contributed by atoms with Crippen molar-refractivity contribution >= 4 is 11.9 Å². The van der Waals surface area contributed by atoms with Crippen LogP contribution in [-0.2, 0) is 22.1 Å². The molecule has 6 rings (SSSR count). The zero-order chi connectivity index (χ0) is 37.4. The average Bonchev–Trinajstić information content (AvgIpc) is 3.09. The molecule has 3 heterocycles. The number of ether oxygens (including phenoxy) is 2. The van der Waals surface area contributed by atoms with E-state index in [2.05, 4.69) is 9.97 Å². The van der Waals surface area contributed by atoms with Gasteiger partial charge in [-0.05, 0) is 80.0 Å². The smallest absolute Gasteiger partial charge is 0.416 e. The third-order valence-electron chi connectivity index (χ3n) is 10.5. The Labute approximate surface area is 299 Å². The van der Waals surface area contributed by atoms with Gasteiger partial charge in [0, 0.05) is 48.7 Å². The molecule has 282 valence electrons. The molecule has 2 atom stereocenters. The number of halogens is 6. The van der Waals surface area contributed by atoms with Crippen LogP contribution in [0.4, 0.5) is 32.3 Å². The van der Waals surface area contributed by atoms with E-state index in [1.165, 1.54) is 12.4 Å². The van der Waals surface area contributed by atoms with Gasteiger partial charge in [-0.15, -0.1) is 0 Å². The maximum absolute atomic E-state index is 17.2. The number of carbonyl (C=O) groups excluding carboxylic acids is 1. The van der Waals surface area contributed by atoms with Crippen LogP contribution in [0.1, 0.15) is 129 Å². The Morgan fingerprint density at radius 2 is 1.63 bits per heavy atom. The molecule has 1 saturated heterocycles. The monoisotopic (exact) mass is 734 g/mol. The van der Waals surface area contributed by atoms with Gasteiger partial charge in [-0.1, -0.05) is 26.0 Å². The number of benzene rings is 1. The van der Waals surface area contributed by atoms with Gasteiger partial charge in [0.1, 0.15) is 0 Å². The summed E-state index contributed by atoms with van der Waals surface area (Å²) in [6.07, 6.45) is -3.29. The van der Waals surface area contributed by atoms with Crippen LogP contribution in [-0.4, -0.2) is 58.3 Å². The molecule has 1 aliphatic heterocycles. The number of alkyl halides is 6. The van der Waals surface area contributed by atoms with Gasteiger partial charge in [-0.2, -0.15) is 13.2 Å². The first-order valence-corrected chi connectivity index (χ1v) is 17.8. The summed E-state index contributed by atoms with van der Waals surface area (Å²) in [6.45, 7) is 6.63. The summed E-state index contributed by atoms with van der Waals surface area (Å²) < 4.78 is 96.8. The third kappa shape index (κ3) is 8.31. The quantitative estimate of drug-likeness (QED) is 0.173. The summed E-state index contributed by atoms with van der Waals surface area (Å²) in [7, 11) is 0. The topological polar surface area (TPSA) is 97.7 Å². The van der Waals surface area contributed by atoms with Crippen molar-refractivity contribution in [1.82, 2.24) is 15.0 Å². The lowest BCUT2D eigenvalue weighted by atomic mass is 9.68. The normalized spacial score (nSPS) is 21.3. The van der Waals surface area contributed by atoms with Crippen molar-refractivity contribution in [3.63, 3.8) is 0 Å². The third-order valence-corrected chi connectivity index (χ3v) is 10.5. The van der Waals surface area contributed by atoms with Gasteiger partial charge in [-0.3, -0.25) is 4.98 Å². The molecule has 14 heteroatoms. The number of nitrogens with zero attached hydrogens (tertiary/aromatic N) is 4. The first-order chi connectivity index (χ1) is 24.5. The number of hydrogen-bond donors (Lipinski definition) is 1. The van der Waals surface area contributed by atoms with Crippen LogP contribution in [0.15, 0.2) is 36.7 Å². The van der Waals surface area contributed by atoms with E-state index in [9.17, 15) is 31.9 Å². The van der Waals surface area contributed by atoms with E-state index in [-0.39, 0.29) is 61.4 Å². The maximum atomic E-state index is 17.2. The zero-order valence-corrected chi connectivity index (χ0v) is 29.5. The second-order valence-corrected chi connectivity index (χ2v) is 14.9. The fourth-order valence-corrected chi connectivity index (χ4v) is 7.96. The van der Waals surface area contributed by atoms with Gasteiger partial charge in [0.2, 0.25) is 11.9 Å². The Kier molecular flexibility index (Phi) is 10.8. The Hall–Kier alpha value is -3.94. The van der Waals surface area contributed by atoms with E-state index in [0.717, 1.165) is 24.3 Å². The van der Waals surface area contributed by atoms with Gasteiger partial charge in [0.05, 0.1) is 36.4 Å². The fourth-order valence-electron chi connectivity index (χ4n) is 7.96. The lowest BCUT2D eigenvalue weighted by Gasteiger charge is -2.41. The highest BCUT2D eigenvalue weighted by Gasteiger charge is 2.44. The Bertz CT molecular complexity index is 1720. The van der Waals surface area contributed by atoms with Crippen LogP contribution >= 0.6 is 0 Å². The highest BCUT2D eigenvalue weighted by Crippen LogP contribution is 2.52. The van der Waals surface area contributed by atoms with Crippen molar-refractivity contribution in [2.75, 3.05) is 31.2 Å². The van der Waals surface area contributed by atoms with Gasteiger partial charge < -0.3 is 19.5 Å². The van der Waals surface area contributed by atoms with Gasteiger partial charge in [0.25, 0.3) is 0 Å². The summed E-state index contributed by atoms with van der Waals surface area (Å²) >= 11 is 0. The molecule has 0 amide bonds. The van der Waals surface area contributed by atoms with Gasteiger partial charge >= 0.3 is 12.1 Å². The number of aromatic nitrogens is 3. The highest BCUT2D eigenvalue weighted by molar-refractivity contribution is 5.71. The molecule has 52 heavy (non-hydrogen) atoms. The van der Waals surface area contributed by atoms with Crippen LogP contribution in [0, 0.1) is 5.41 Å². The van der Waals surface area contributed by atoms with E-state index >= 15 is 4.39 Å². The number of pyridine rings is 1. The molecule has 0 bridgehead atoms. The molecule has 1 saturated carbocycles. The molecule has 2 fully saturated rings. The van der Waals surface area contributed by atoms with Crippen molar-refractivity contribution in [3.8, 4) is 5.75 Å². The minimum Gasteiger partial charge on any atom is -0.479 e. The van der Waals surface area contributed by atoms with E-state index in [1.807, 2.05) is 18.7 Å². The second kappa shape index (κ2) is 14.8. The number of esters is 1. The predicted molar refractivity (Wildman–Crippen MR) is 180 cm³/mol. The Morgan fingerprint density at radius 3 is 2.23 bits per heavy atom. The predicted octanol–water partition coefficient (Wildman–Crippen LogP) is 8.57. The molecule has 1 aromatic carbocycles. The molecule has 8 nitrogen and oxygen atoms in total. The number of carbonyl (C=O) groups is 1. The fraction of sp³-hybridized carbons (Fsp3) is 0.579. The Balaban J connectivity index is 1.36. The number of fused-ring (bicyclic) bond motifs is 1. The number of anilines is 1. The SMILES string of the molecule is CCOC(=O)COc1cnc(N2CCC(c3nc4c(c(C5CCC(F)(F)CC5)c3C(F)c3ccc(C(F)(F)F)cc3)[C@@H](O)CC(C)(C)C4)CC2)nc1. The molecule has 0 spiro atoms. The van der Waals surface area contributed by atoms with Crippen LogP contribution < -0.4 is 9.64 Å². The molecule has 3 aromatic rings.